The quantitative estimate of drug-likeness (QED) is 0.327. The molecule has 5 aromatic rings. The van der Waals surface area contributed by atoms with Crippen molar-refractivity contribution in [3.63, 3.8) is 0 Å². The van der Waals surface area contributed by atoms with Gasteiger partial charge in [-0.1, -0.05) is 11.6 Å². The van der Waals surface area contributed by atoms with E-state index in [1.165, 1.54) is 6.26 Å². The van der Waals surface area contributed by atoms with Crippen LogP contribution in [0, 0.1) is 6.92 Å². The SMILES string of the molecule is Cc1nc2ccc(Oc3ccc4ncc(-c5cnn(CC6(NS(C)(=O)=O)CC6)c5)nc4c3Cl)cc2[nH]1. The minimum atomic E-state index is -3.30. The molecule has 0 bridgehead atoms. The second-order valence-electron chi connectivity index (χ2n) is 9.19. The molecule has 2 aromatic carbocycles. The van der Waals surface area contributed by atoms with Gasteiger partial charge in [0.05, 0.1) is 53.0 Å². The molecule has 0 amide bonds. The summed E-state index contributed by atoms with van der Waals surface area (Å²) < 4.78 is 33.9. The minimum Gasteiger partial charge on any atom is -0.456 e. The molecule has 10 nitrogen and oxygen atoms in total. The van der Waals surface area contributed by atoms with E-state index in [1.807, 2.05) is 37.4 Å². The monoisotopic (exact) mass is 523 g/mol. The summed E-state index contributed by atoms with van der Waals surface area (Å²) in [7, 11) is -3.30. The summed E-state index contributed by atoms with van der Waals surface area (Å²) in [6, 6.07) is 9.17. The molecule has 1 aliphatic rings. The number of aryl methyl sites for hydroxylation is 1. The van der Waals surface area contributed by atoms with Crippen LogP contribution in [0.4, 0.5) is 0 Å². The molecule has 3 aromatic heterocycles. The lowest BCUT2D eigenvalue weighted by molar-refractivity contribution is 0.459. The summed E-state index contributed by atoms with van der Waals surface area (Å²) in [5.41, 5.74) is 3.76. The number of aromatic amines is 1. The Bertz CT molecular complexity index is 1740. The van der Waals surface area contributed by atoms with Gasteiger partial charge in [-0.15, -0.1) is 0 Å². The van der Waals surface area contributed by atoms with Crippen molar-refractivity contribution in [3.05, 3.63) is 59.8 Å². The van der Waals surface area contributed by atoms with Gasteiger partial charge in [-0.3, -0.25) is 9.67 Å². The van der Waals surface area contributed by atoms with Crippen molar-refractivity contribution >= 4 is 43.7 Å². The minimum absolute atomic E-state index is 0.351. The number of ether oxygens (including phenoxy) is 1. The number of imidazole rings is 1. The van der Waals surface area contributed by atoms with E-state index in [4.69, 9.17) is 21.3 Å². The van der Waals surface area contributed by atoms with Gasteiger partial charge in [0.25, 0.3) is 0 Å². The third kappa shape index (κ3) is 4.52. The van der Waals surface area contributed by atoms with Crippen LogP contribution in [-0.2, 0) is 16.6 Å². The Kier molecular flexibility index (Phi) is 5.25. The normalized spacial score (nSPS) is 15.0. The van der Waals surface area contributed by atoms with E-state index < -0.39 is 15.6 Å². The summed E-state index contributed by atoms with van der Waals surface area (Å²) in [5, 5.41) is 4.75. The highest BCUT2D eigenvalue weighted by Gasteiger charge is 2.45. The molecule has 0 atom stereocenters. The van der Waals surface area contributed by atoms with Crippen LogP contribution >= 0.6 is 11.6 Å². The number of nitrogens with zero attached hydrogens (tertiary/aromatic N) is 5. The van der Waals surface area contributed by atoms with E-state index in [2.05, 4.69) is 24.8 Å². The zero-order valence-electron chi connectivity index (χ0n) is 19.5. The lowest BCUT2D eigenvalue weighted by Gasteiger charge is -2.15. The highest BCUT2D eigenvalue weighted by Crippen LogP contribution is 2.38. The topological polar surface area (TPSA) is 128 Å². The van der Waals surface area contributed by atoms with Crippen molar-refractivity contribution in [1.29, 1.82) is 0 Å². The van der Waals surface area contributed by atoms with E-state index in [1.54, 1.807) is 23.1 Å². The van der Waals surface area contributed by atoms with Crippen LogP contribution in [-0.4, -0.2) is 49.9 Å². The molecular weight excluding hydrogens is 502 g/mol. The van der Waals surface area contributed by atoms with Crippen LogP contribution in [0.2, 0.25) is 5.02 Å². The number of rotatable bonds is 7. The molecule has 1 aliphatic carbocycles. The predicted octanol–water partition coefficient (Wildman–Crippen LogP) is 4.21. The number of aromatic nitrogens is 6. The first-order valence-electron chi connectivity index (χ1n) is 11.3. The molecule has 3 heterocycles. The van der Waals surface area contributed by atoms with E-state index in [-0.39, 0.29) is 0 Å². The van der Waals surface area contributed by atoms with Crippen molar-refractivity contribution in [2.75, 3.05) is 6.26 Å². The number of halogens is 1. The maximum atomic E-state index is 11.7. The summed E-state index contributed by atoms with van der Waals surface area (Å²) in [5.74, 6) is 1.91. The second kappa shape index (κ2) is 8.26. The molecule has 6 rings (SSSR count). The van der Waals surface area contributed by atoms with Gasteiger partial charge >= 0.3 is 0 Å². The van der Waals surface area contributed by atoms with Crippen molar-refractivity contribution in [2.24, 2.45) is 0 Å². The average molecular weight is 524 g/mol. The Balaban J connectivity index is 1.27. The molecule has 0 spiro atoms. The molecule has 1 fully saturated rings. The fourth-order valence-electron chi connectivity index (χ4n) is 4.28. The lowest BCUT2D eigenvalue weighted by Crippen LogP contribution is -2.39. The molecule has 2 N–H and O–H groups in total. The van der Waals surface area contributed by atoms with Crippen molar-refractivity contribution in [1.82, 2.24) is 34.4 Å². The van der Waals surface area contributed by atoms with Crippen molar-refractivity contribution in [3.8, 4) is 22.8 Å². The van der Waals surface area contributed by atoms with Gasteiger partial charge in [-0.05, 0) is 44.0 Å². The Morgan fingerprint density at radius 2 is 1.97 bits per heavy atom. The largest absolute Gasteiger partial charge is 0.456 e. The van der Waals surface area contributed by atoms with Crippen molar-refractivity contribution < 1.29 is 13.2 Å². The number of sulfonamides is 1. The number of fused-ring (bicyclic) bond motifs is 2. The number of H-pyrrole nitrogens is 1. The van der Waals surface area contributed by atoms with Gasteiger partial charge in [-0.2, -0.15) is 5.10 Å². The first-order valence-corrected chi connectivity index (χ1v) is 13.5. The Morgan fingerprint density at radius 3 is 2.75 bits per heavy atom. The smallest absolute Gasteiger partial charge is 0.209 e. The number of hydrogen-bond donors (Lipinski definition) is 2. The number of nitrogens with one attached hydrogen (secondary N) is 2. The van der Waals surface area contributed by atoms with Gasteiger partial charge in [0.15, 0.2) is 0 Å². The summed E-state index contributed by atoms with van der Waals surface area (Å²) in [4.78, 5) is 16.8. The molecule has 0 unspecified atom stereocenters. The van der Waals surface area contributed by atoms with Crippen LogP contribution in [0.5, 0.6) is 11.5 Å². The first-order chi connectivity index (χ1) is 17.2. The Morgan fingerprint density at radius 1 is 1.17 bits per heavy atom. The van der Waals surface area contributed by atoms with Crippen LogP contribution in [0.1, 0.15) is 18.7 Å². The van der Waals surface area contributed by atoms with Crippen LogP contribution in [0.15, 0.2) is 48.9 Å². The zero-order chi connectivity index (χ0) is 25.1. The fraction of sp³-hybridized carbons (Fsp3) is 0.250. The van der Waals surface area contributed by atoms with E-state index >= 15 is 0 Å². The van der Waals surface area contributed by atoms with E-state index in [9.17, 15) is 8.42 Å². The summed E-state index contributed by atoms with van der Waals surface area (Å²) in [6.45, 7) is 2.34. The molecular formula is C24H22ClN7O3S. The molecule has 12 heteroatoms. The number of hydrogen-bond acceptors (Lipinski definition) is 7. The Labute approximate surface area is 211 Å². The predicted molar refractivity (Wildman–Crippen MR) is 137 cm³/mol. The molecule has 184 valence electrons. The van der Waals surface area contributed by atoms with Gasteiger partial charge in [-0.25, -0.2) is 23.1 Å². The summed E-state index contributed by atoms with van der Waals surface area (Å²) in [6.07, 6.45) is 7.89. The molecule has 0 radical (unpaired) electrons. The molecule has 36 heavy (non-hydrogen) atoms. The average Bonchev–Trinajstić information content (AvgIpc) is 3.21. The van der Waals surface area contributed by atoms with E-state index in [0.29, 0.717) is 39.8 Å². The lowest BCUT2D eigenvalue weighted by atomic mass is 10.2. The zero-order valence-corrected chi connectivity index (χ0v) is 21.1. The maximum Gasteiger partial charge on any atom is 0.209 e. The van der Waals surface area contributed by atoms with Gasteiger partial charge in [0.2, 0.25) is 10.0 Å². The third-order valence-corrected chi connectivity index (χ3v) is 7.24. The molecule has 1 saturated carbocycles. The maximum absolute atomic E-state index is 11.7. The van der Waals surface area contributed by atoms with Crippen LogP contribution < -0.4 is 9.46 Å². The number of benzene rings is 2. The standard InChI is InChI=1S/C24H22ClN7O3S/c1-14-28-17-4-3-16(9-19(17)29-14)35-21-6-5-18-23(22(21)25)30-20(11-26-18)15-10-27-32(12-15)13-24(7-8-24)31-36(2,33)34/h3-6,9-12,31H,7-8,13H2,1-2H3,(H,28,29). The fourth-order valence-corrected chi connectivity index (χ4v) is 5.58. The summed E-state index contributed by atoms with van der Waals surface area (Å²) >= 11 is 6.70. The van der Waals surface area contributed by atoms with Gasteiger partial charge < -0.3 is 9.72 Å². The molecule has 0 aliphatic heterocycles. The van der Waals surface area contributed by atoms with Crippen LogP contribution in [0.3, 0.4) is 0 Å². The van der Waals surface area contributed by atoms with E-state index in [0.717, 1.165) is 35.3 Å². The van der Waals surface area contributed by atoms with Gasteiger partial charge in [0, 0.05) is 17.8 Å². The second-order valence-corrected chi connectivity index (χ2v) is 11.3. The highest BCUT2D eigenvalue weighted by atomic mass is 35.5. The van der Waals surface area contributed by atoms with Crippen molar-refractivity contribution in [2.45, 2.75) is 31.8 Å². The molecule has 0 saturated heterocycles. The Hall–Kier alpha value is -3.54. The highest BCUT2D eigenvalue weighted by molar-refractivity contribution is 7.88. The van der Waals surface area contributed by atoms with Crippen LogP contribution in [0.25, 0.3) is 33.3 Å². The van der Waals surface area contributed by atoms with Gasteiger partial charge in [0.1, 0.15) is 27.9 Å². The third-order valence-electron chi connectivity index (χ3n) is 6.07. The first kappa shape index (κ1) is 22.9.